The number of hydrogen-bond donors (Lipinski definition) is 0. The van der Waals surface area contributed by atoms with E-state index in [1.165, 1.54) is 11.1 Å². The number of benzene rings is 1. The molecule has 0 aliphatic rings. The van der Waals surface area contributed by atoms with Gasteiger partial charge in [-0.25, -0.2) is 9.97 Å². The van der Waals surface area contributed by atoms with E-state index in [4.69, 9.17) is 0 Å². The molecule has 0 fully saturated rings. The summed E-state index contributed by atoms with van der Waals surface area (Å²) in [5.74, 6) is 0. The molecule has 2 aromatic rings. The van der Waals surface area contributed by atoms with E-state index in [9.17, 15) is 0 Å². The third-order valence-electron chi connectivity index (χ3n) is 2.20. The summed E-state index contributed by atoms with van der Waals surface area (Å²) >= 11 is 3.34. The second-order valence-electron chi connectivity index (χ2n) is 3.49. The summed E-state index contributed by atoms with van der Waals surface area (Å²) in [5, 5.41) is 0. The predicted molar refractivity (Wildman–Crippen MR) is 63.7 cm³/mol. The number of aromatic nitrogens is 2. The summed E-state index contributed by atoms with van der Waals surface area (Å²) in [6.45, 7) is 2.09. The number of rotatable bonds is 2. The maximum absolute atomic E-state index is 4.22. The summed E-state index contributed by atoms with van der Waals surface area (Å²) in [6.07, 6.45) is 2.43. The van der Waals surface area contributed by atoms with Gasteiger partial charge < -0.3 is 0 Å². The van der Waals surface area contributed by atoms with Crippen LogP contribution >= 0.6 is 15.9 Å². The SMILES string of the molecule is Cc1ccc(Cc2cc(Br)ncn2)cc1. The fraction of sp³-hybridized carbons (Fsp3) is 0.167. The van der Waals surface area contributed by atoms with E-state index in [1.54, 1.807) is 6.33 Å². The summed E-state index contributed by atoms with van der Waals surface area (Å²) in [6, 6.07) is 10.4. The van der Waals surface area contributed by atoms with Crippen molar-refractivity contribution in [1.82, 2.24) is 9.97 Å². The molecule has 0 N–H and O–H groups in total. The molecule has 1 heterocycles. The highest BCUT2D eigenvalue weighted by atomic mass is 79.9. The van der Waals surface area contributed by atoms with E-state index in [2.05, 4.69) is 57.1 Å². The van der Waals surface area contributed by atoms with Gasteiger partial charge in [-0.1, -0.05) is 29.8 Å². The molecule has 15 heavy (non-hydrogen) atoms. The van der Waals surface area contributed by atoms with Crippen LogP contribution in [0.1, 0.15) is 16.8 Å². The van der Waals surface area contributed by atoms with E-state index in [0.29, 0.717) is 0 Å². The first kappa shape index (κ1) is 10.3. The Hall–Kier alpha value is -1.22. The molecule has 0 unspecified atom stereocenters. The van der Waals surface area contributed by atoms with Gasteiger partial charge in [0.15, 0.2) is 0 Å². The summed E-state index contributed by atoms with van der Waals surface area (Å²) in [7, 11) is 0. The van der Waals surface area contributed by atoms with Crippen LogP contribution < -0.4 is 0 Å². The van der Waals surface area contributed by atoms with Crippen molar-refractivity contribution in [2.45, 2.75) is 13.3 Å². The molecule has 0 atom stereocenters. The zero-order chi connectivity index (χ0) is 10.7. The Labute approximate surface area is 97.5 Å². The van der Waals surface area contributed by atoms with Crippen LogP contribution in [-0.4, -0.2) is 9.97 Å². The molecular weight excluding hydrogens is 252 g/mol. The number of nitrogens with zero attached hydrogens (tertiary/aromatic N) is 2. The van der Waals surface area contributed by atoms with Gasteiger partial charge >= 0.3 is 0 Å². The Bertz CT molecular complexity index is 451. The molecule has 2 rings (SSSR count). The first-order chi connectivity index (χ1) is 7.24. The molecule has 0 amide bonds. The largest absolute Gasteiger partial charge is 0.241 e. The van der Waals surface area contributed by atoms with Gasteiger partial charge in [0.2, 0.25) is 0 Å². The van der Waals surface area contributed by atoms with Crippen LogP contribution in [0.3, 0.4) is 0 Å². The summed E-state index contributed by atoms with van der Waals surface area (Å²) in [5.41, 5.74) is 3.58. The van der Waals surface area contributed by atoms with Gasteiger partial charge in [0.05, 0.1) is 0 Å². The number of halogens is 1. The molecule has 0 bridgehead atoms. The highest BCUT2D eigenvalue weighted by Gasteiger charge is 1.98. The lowest BCUT2D eigenvalue weighted by atomic mass is 10.1. The first-order valence-corrected chi connectivity index (χ1v) is 5.55. The monoisotopic (exact) mass is 262 g/mol. The maximum atomic E-state index is 4.22. The molecule has 1 aromatic heterocycles. The van der Waals surface area contributed by atoms with Crippen LogP contribution in [0.15, 0.2) is 41.3 Å². The topological polar surface area (TPSA) is 25.8 Å². The van der Waals surface area contributed by atoms with Gasteiger partial charge in [0, 0.05) is 12.1 Å². The smallest absolute Gasteiger partial charge is 0.116 e. The Morgan fingerprint density at radius 2 is 1.87 bits per heavy atom. The van der Waals surface area contributed by atoms with Crippen LogP contribution in [0.5, 0.6) is 0 Å². The van der Waals surface area contributed by atoms with Crippen molar-refractivity contribution in [2.75, 3.05) is 0 Å². The van der Waals surface area contributed by atoms with Crippen molar-refractivity contribution in [2.24, 2.45) is 0 Å². The first-order valence-electron chi connectivity index (χ1n) is 4.76. The zero-order valence-electron chi connectivity index (χ0n) is 8.44. The molecule has 3 heteroatoms. The number of hydrogen-bond acceptors (Lipinski definition) is 2. The van der Waals surface area contributed by atoms with Crippen LogP contribution in [0.2, 0.25) is 0 Å². The van der Waals surface area contributed by atoms with Gasteiger partial charge in [-0.05, 0) is 34.5 Å². The van der Waals surface area contributed by atoms with Gasteiger partial charge in [-0.15, -0.1) is 0 Å². The second kappa shape index (κ2) is 4.53. The molecule has 0 saturated heterocycles. The minimum absolute atomic E-state index is 0.833. The Balaban J connectivity index is 2.18. The average molecular weight is 263 g/mol. The highest BCUT2D eigenvalue weighted by molar-refractivity contribution is 9.10. The normalized spacial score (nSPS) is 10.3. The van der Waals surface area contributed by atoms with Crippen LogP contribution in [0.25, 0.3) is 0 Å². The Morgan fingerprint density at radius 1 is 1.13 bits per heavy atom. The molecule has 76 valence electrons. The van der Waals surface area contributed by atoms with Gasteiger partial charge in [0.25, 0.3) is 0 Å². The lowest BCUT2D eigenvalue weighted by Crippen LogP contribution is -1.93. The van der Waals surface area contributed by atoms with Crippen molar-refractivity contribution in [3.63, 3.8) is 0 Å². The molecular formula is C12H11BrN2. The minimum Gasteiger partial charge on any atom is -0.241 e. The lowest BCUT2D eigenvalue weighted by molar-refractivity contribution is 1.01. The quantitative estimate of drug-likeness (QED) is 0.778. The van der Waals surface area contributed by atoms with E-state index >= 15 is 0 Å². The standard InChI is InChI=1S/C12H11BrN2/c1-9-2-4-10(5-3-9)6-11-7-12(13)15-8-14-11/h2-5,7-8H,6H2,1H3. The maximum Gasteiger partial charge on any atom is 0.116 e. The Kier molecular flexibility index (Phi) is 3.11. The molecule has 0 saturated carbocycles. The van der Waals surface area contributed by atoms with Crippen LogP contribution in [0, 0.1) is 6.92 Å². The van der Waals surface area contributed by atoms with Gasteiger partial charge in [-0.2, -0.15) is 0 Å². The third-order valence-corrected chi connectivity index (χ3v) is 2.63. The third kappa shape index (κ3) is 2.86. The molecule has 0 aliphatic carbocycles. The number of aryl methyl sites for hydroxylation is 1. The molecule has 0 radical (unpaired) electrons. The van der Waals surface area contributed by atoms with Gasteiger partial charge in [-0.3, -0.25) is 0 Å². The van der Waals surface area contributed by atoms with Gasteiger partial charge in [0.1, 0.15) is 10.9 Å². The second-order valence-corrected chi connectivity index (χ2v) is 4.31. The molecule has 2 nitrogen and oxygen atoms in total. The summed E-state index contributed by atoms with van der Waals surface area (Å²) < 4.78 is 0.833. The van der Waals surface area contributed by atoms with E-state index in [-0.39, 0.29) is 0 Å². The zero-order valence-corrected chi connectivity index (χ0v) is 10.0. The van der Waals surface area contributed by atoms with E-state index in [1.807, 2.05) is 6.07 Å². The van der Waals surface area contributed by atoms with Crippen molar-refractivity contribution in [3.05, 3.63) is 58.1 Å². The van der Waals surface area contributed by atoms with Crippen molar-refractivity contribution < 1.29 is 0 Å². The van der Waals surface area contributed by atoms with Crippen LogP contribution in [-0.2, 0) is 6.42 Å². The van der Waals surface area contributed by atoms with E-state index in [0.717, 1.165) is 16.7 Å². The highest BCUT2D eigenvalue weighted by Crippen LogP contribution is 2.11. The van der Waals surface area contributed by atoms with Crippen molar-refractivity contribution in [3.8, 4) is 0 Å². The Morgan fingerprint density at radius 3 is 2.53 bits per heavy atom. The lowest BCUT2D eigenvalue weighted by Gasteiger charge is -2.01. The molecule has 0 aliphatic heterocycles. The average Bonchev–Trinajstić information content (AvgIpc) is 2.22. The predicted octanol–water partition coefficient (Wildman–Crippen LogP) is 3.14. The van der Waals surface area contributed by atoms with Crippen molar-refractivity contribution >= 4 is 15.9 Å². The molecule has 0 spiro atoms. The minimum atomic E-state index is 0.833. The fourth-order valence-electron chi connectivity index (χ4n) is 1.38. The molecule has 1 aromatic carbocycles. The van der Waals surface area contributed by atoms with Crippen LogP contribution in [0.4, 0.5) is 0 Å². The summed E-state index contributed by atoms with van der Waals surface area (Å²) in [4.78, 5) is 8.22. The fourth-order valence-corrected chi connectivity index (χ4v) is 1.74. The van der Waals surface area contributed by atoms with E-state index < -0.39 is 0 Å². The van der Waals surface area contributed by atoms with Crippen molar-refractivity contribution in [1.29, 1.82) is 0 Å².